The van der Waals surface area contributed by atoms with Gasteiger partial charge in [-0.3, -0.25) is 0 Å². The van der Waals surface area contributed by atoms with Crippen molar-refractivity contribution in [3.63, 3.8) is 0 Å². The third-order valence-corrected chi connectivity index (χ3v) is 3.45. The van der Waals surface area contributed by atoms with E-state index in [-0.39, 0.29) is 0 Å². The van der Waals surface area contributed by atoms with E-state index in [0.29, 0.717) is 5.92 Å². The molecule has 2 rings (SSSR count). The second-order valence-corrected chi connectivity index (χ2v) is 4.75. The van der Waals surface area contributed by atoms with Crippen molar-refractivity contribution in [3.8, 4) is 5.75 Å². The number of para-hydroxylation sites is 1. The molecule has 0 radical (unpaired) electrons. The summed E-state index contributed by atoms with van der Waals surface area (Å²) in [6.07, 6.45) is 4.04. The van der Waals surface area contributed by atoms with Gasteiger partial charge < -0.3 is 4.74 Å². The largest absolute Gasteiger partial charge is 0.496 e. The van der Waals surface area contributed by atoms with E-state index in [1.807, 2.05) is 13.8 Å². The Morgan fingerprint density at radius 2 is 1.82 bits per heavy atom. The molecule has 1 aromatic rings. The standard InChI is InChI=1S/C14H20O.C2H6/c1-10(2)12-8-5-9-13(14(12)15-3)11-6-4-7-11;1-2/h5,8-11H,4,6-7H2,1-3H3;1-2H3. The van der Waals surface area contributed by atoms with Gasteiger partial charge in [0.05, 0.1) is 7.11 Å². The van der Waals surface area contributed by atoms with Crippen LogP contribution in [0, 0.1) is 0 Å². The van der Waals surface area contributed by atoms with Crippen molar-refractivity contribution >= 4 is 0 Å². The maximum Gasteiger partial charge on any atom is 0.125 e. The molecule has 1 saturated carbocycles. The molecule has 1 aliphatic carbocycles. The molecule has 1 nitrogen and oxygen atoms in total. The number of rotatable bonds is 3. The topological polar surface area (TPSA) is 9.23 Å². The summed E-state index contributed by atoms with van der Waals surface area (Å²) in [7, 11) is 1.80. The predicted octanol–water partition coefficient (Wildman–Crippen LogP) is 5.11. The summed E-state index contributed by atoms with van der Waals surface area (Å²) in [6.45, 7) is 8.45. The molecule has 96 valence electrons. The summed E-state index contributed by atoms with van der Waals surface area (Å²) >= 11 is 0. The lowest BCUT2D eigenvalue weighted by Crippen LogP contribution is -2.11. The Kier molecular flexibility index (Phi) is 5.54. The van der Waals surface area contributed by atoms with E-state index in [1.54, 1.807) is 7.11 Å². The molecule has 0 spiro atoms. The summed E-state index contributed by atoms with van der Waals surface area (Å²) in [5.74, 6) is 2.43. The predicted molar refractivity (Wildman–Crippen MR) is 75.0 cm³/mol. The van der Waals surface area contributed by atoms with Crippen LogP contribution in [0.4, 0.5) is 0 Å². The Balaban J connectivity index is 0.000000686. The van der Waals surface area contributed by atoms with Crippen LogP contribution in [0.2, 0.25) is 0 Å². The van der Waals surface area contributed by atoms with E-state index in [0.717, 1.165) is 11.7 Å². The number of methoxy groups -OCH3 is 1. The molecule has 0 amide bonds. The van der Waals surface area contributed by atoms with Crippen molar-refractivity contribution in [2.75, 3.05) is 7.11 Å². The Bertz CT molecular complexity index is 337. The van der Waals surface area contributed by atoms with E-state index in [4.69, 9.17) is 4.74 Å². The quantitative estimate of drug-likeness (QED) is 0.706. The van der Waals surface area contributed by atoms with Gasteiger partial charge in [-0.05, 0) is 35.8 Å². The number of hydrogen-bond acceptors (Lipinski definition) is 1. The Hall–Kier alpha value is -0.980. The molecule has 0 saturated heterocycles. The molecule has 1 aromatic carbocycles. The first kappa shape index (κ1) is 14.1. The lowest BCUT2D eigenvalue weighted by molar-refractivity contribution is 0.369. The van der Waals surface area contributed by atoms with Crippen LogP contribution in [-0.2, 0) is 0 Å². The summed E-state index contributed by atoms with van der Waals surface area (Å²) in [4.78, 5) is 0. The summed E-state index contributed by atoms with van der Waals surface area (Å²) < 4.78 is 5.59. The average molecular weight is 234 g/mol. The third-order valence-electron chi connectivity index (χ3n) is 3.45. The normalized spacial score (nSPS) is 14.9. The minimum absolute atomic E-state index is 0.542. The van der Waals surface area contributed by atoms with Gasteiger partial charge in [0.2, 0.25) is 0 Å². The van der Waals surface area contributed by atoms with Crippen LogP contribution in [0.1, 0.15) is 69.9 Å². The first-order valence-electron chi connectivity index (χ1n) is 6.90. The fourth-order valence-corrected chi connectivity index (χ4v) is 2.30. The van der Waals surface area contributed by atoms with Gasteiger partial charge in [0.15, 0.2) is 0 Å². The van der Waals surface area contributed by atoms with Crippen molar-refractivity contribution in [2.45, 2.75) is 58.8 Å². The Morgan fingerprint density at radius 1 is 1.18 bits per heavy atom. The molecule has 1 fully saturated rings. The molecule has 0 heterocycles. The van der Waals surface area contributed by atoms with Gasteiger partial charge in [-0.1, -0.05) is 52.3 Å². The molecule has 0 aromatic heterocycles. The fraction of sp³-hybridized carbons (Fsp3) is 0.625. The van der Waals surface area contributed by atoms with Gasteiger partial charge in [0, 0.05) is 0 Å². The smallest absolute Gasteiger partial charge is 0.125 e. The zero-order chi connectivity index (χ0) is 12.8. The second kappa shape index (κ2) is 6.68. The summed E-state index contributed by atoms with van der Waals surface area (Å²) in [5, 5.41) is 0. The minimum atomic E-state index is 0.542. The average Bonchev–Trinajstić information content (AvgIpc) is 2.29. The van der Waals surface area contributed by atoms with E-state index >= 15 is 0 Å². The van der Waals surface area contributed by atoms with E-state index in [1.165, 1.54) is 30.4 Å². The van der Waals surface area contributed by atoms with E-state index in [9.17, 15) is 0 Å². The van der Waals surface area contributed by atoms with Crippen LogP contribution in [0.15, 0.2) is 18.2 Å². The molecule has 0 atom stereocenters. The fourth-order valence-electron chi connectivity index (χ4n) is 2.30. The Morgan fingerprint density at radius 3 is 2.24 bits per heavy atom. The molecule has 1 aliphatic rings. The van der Waals surface area contributed by atoms with Crippen molar-refractivity contribution in [3.05, 3.63) is 29.3 Å². The molecule has 0 aliphatic heterocycles. The lowest BCUT2D eigenvalue weighted by Gasteiger charge is -2.28. The first-order chi connectivity index (χ1) is 8.24. The highest BCUT2D eigenvalue weighted by Crippen LogP contribution is 2.43. The zero-order valence-electron chi connectivity index (χ0n) is 11.9. The third kappa shape index (κ3) is 3.02. The highest BCUT2D eigenvalue weighted by Gasteiger charge is 2.24. The highest BCUT2D eigenvalue weighted by molar-refractivity contribution is 5.45. The maximum absolute atomic E-state index is 5.59. The van der Waals surface area contributed by atoms with Crippen molar-refractivity contribution < 1.29 is 4.74 Å². The van der Waals surface area contributed by atoms with Crippen LogP contribution < -0.4 is 4.74 Å². The van der Waals surface area contributed by atoms with E-state index in [2.05, 4.69) is 32.0 Å². The van der Waals surface area contributed by atoms with Crippen LogP contribution in [0.3, 0.4) is 0 Å². The molecular weight excluding hydrogens is 208 g/mol. The van der Waals surface area contributed by atoms with E-state index < -0.39 is 0 Å². The SMILES string of the molecule is CC.COc1c(C(C)C)cccc1C1CCC1. The summed E-state index contributed by atoms with van der Waals surface area (Å²) in [6, 6.07) is 6.59. The molecule has 1 heteroatoms. The first-order valence-corrected chi connectivity index (χ1v) is 6.90. The number of hydrogen-bond donors (Lipinski definition) is 0. The van der Waals surface area contributed by atoms with Crippen LogP contribution >= 0.6 is 0 Å². The Labute approximate surface area is 106 Å². The highest BCUT2D eigenvalue weighted by atomic mass is 16.5. The second-order valence-electron chi connectivity index (χ2n) is 4.75. The van der Waals surface area contributed by atoms with Crippen LogP contribution in [-0.4, -0.2) is 7.11 Å². The minimum Gasteiger partial charge on any atom is -0.496 e. The molecular formula is C16H26O. The summed E-state index contributed by atoms with van der Waals surface area (Å²) in [5.41, 5.74) is 2.77. The van der Waals surface area contributed by atoms with Crippen molar-refractivity contribution in [1.29, 1.82) is 0 Å². The van der Waals surface area contributed by atoms with Gasteiger partial charge >= 0.3 is 0 Å². The molecule has 0 N–H and O–H groups in total. The van der Waals surface area contributed by atoms with Gasteiger partial charge in [-0.2, -0.15) is 0 Å². The number of benzene rings is 1. The van der Waals surface area contributed by atoms with Crippen molar-refractivity contribution in [1.82, 2.24) is 0 Å². The monoisotopic (exact) mass is 234 g/mol. The van der Waals surface area contributed by atoms with Crippen molar-refractivity contribution in [2.24, 2.45) is 0 Å². The van der Waals surface area contributed by atoms with Crippen LogP contribution in [0.5, 0.6) is 5.75 Å². The molecule has 0 bridgehead atoms. The van der Waals surface area contributed by atoms with Gasteiger partial charge in [-0.15, -0.1) is 0 Å². The molecule has 17 heavy (non-hydrogen) atoms. The van der Waals surface area contributed by atoms with Gasteiger partial charge in [0.1, 0.15) is 5.75 Å². The van der Waals surface area contributed by atoms with Crippen LogP contribution in [0.25, 0.3) is 0 Å². The number of ether oxygens (including phenoxy) is 1. The van der Waals surface area contributed by atoms with Gasteiger partial charge in [-0.25, -0.2) is 0 Å². The molecule has 0 unspecified atom stereocenters. The zero-order valence-corrected chi connectivity index (χ0v) is 11.9. The van der Waals surface area contributed by atoms with Gasteiger partial charge in [0.25, 0.3) is 0 Å². The lowest BCUT2D eigenvalue weighted by atomic mass is 9.78. The maximum atomic E-state index is 5.59.